The van der Waals surface area contributed by atoms with E-state index in [4.69, 9.17) is 4.74 Å². The van der Waals surface area contributed by atoms with E-state index in [1.165, 1.54) is 12.5 Å². The summed E-state index contributed by atoms with van der Waals surface area (Å²) < 4.78 is 5.84. The average Bonchev–Trinajstić information content (AvgIpc) is 2.90. The van der Waals surface area contributed by atoms with Crippen molar-refractivity contribution in [2.45, 2.75) is 85.2 Å². The number of carbonyl (C=O) groups is 3. The van der Waals surface area contributed by atoms with E-state index in [9.17, 15) is 14.4 Å². The van der Waals surface area contributed by atoms with Crippen molar-refractivity contribution >= 4 is 17.5 Å². The number of carbonyl (C=O) groups excluding carboxylic acids is 3. The van der Waals surface area contributed by atoms with E-state index in [0.717, 1.165) is 32.1 Å². The van der Waals surface area contributed by atoms with Gasteiger partial charge in [0.05, 0.1) is 0 Å². The summed E-state index contributed by atoms with van der Waals surface area (Å²) in [7, 11) is 0. The first-order valence-corrected chi connectivity index (χ1v) is 11.0. The number of hydrogen-bond acceptors (Lipinski definition) is 4. The third-order valence-corrected chi connectivity index (χ3v) is 9.29. The molecule has 7 atom stereocenters. The van der Waals surface area contributed by atoms with Crippen LogP contribution in [0.4, 0.5) is 0 Å². The Labute approximate surface area is 168 Å². The van der Waals surface area contributed by atoms with Gasteiger partial charge in [-0.2, -0.15) is 0 Å². The normalized spacial score (nSPS) is 47.5. The highest BCUT2D eigenvalue weighted by Gasteiger charge is 2.68. The Morgan fingerprint density at radius 2 is 1.75 bits per heavy atom. The van der Waals surface area contributed by atoms with Gasteiger partial charge in [-0.25, -0.2) is 0 Å². The number of allylic oxidation sites excluding steroid dienone is 1. The smallest absolute Gasteiger partial charge is 0.303 e. The van der Waals surface area contributed by atoms with Crippen molar-refractivity contribution in [3.8, 4) is 0 Å². The standard InChI is InChI=1S/C24H34O4/c1-14-12-18-19(22(4)9-6-17(27)13-21(14)22)7-10-23(5)20(18)8-11-24(23,15(2)25)28-16(3)26/h13-14,18-20H,6-12H2,1-5H3/t14-,18+,19+,20-,22-,23-,24-/m0/s1. The van der Waals surface area contributed by atoms with Crippen LogP contribution in [0.1, 0.15) is 79.6 Å². The molecule has 0 bridgehead atoms. The lowest BCUT2D eigenvalue weighted by Crippen LogP contribution is -2.59. The number of esters is 1. The predicted octanol–water partition coefficient (Wildman–Crippen LogP) is 4.66. The summed E-state index contributed by atoms with van der Waals surface area (Å²) >= 11 is 0. The van der Waals surface area contributed by atoms with Gasteiger partial charge in [0.1, 0.15) is 0 Å². The van der Waals surface area contributed by atoms with Gasteiger partial charge in [-0.05, 0) is 80.6 Å². The number of Topliss-reactive ketones (excluding diaryl/α,β-unsaturated/α-hetero) is 1. The van der Waals surface area contributed by atoms with Crippen LogP contribution in [0.15, 0.2) is 11.6 Å². The Bertz CT molecular complexity index is 767. The fourth-order valence-corrected chi connectivity index (χ4v) is 8.05. The summed E-state index contributed by atoms with van der Waals surface area (Å²) in [6, 6.07) is 0. The molecule has 0 unspecified atom stereocenters. The van der Waals surface area contributed by atoms with Crippen LogP contribution >= 0.6 is 0 Å². The van der Waals surface area contributed by atoms with Crippen LogP contribution in [0.2, 0.25) is 0 Å². The fraction of sp³-hybridized carbons (Fsp3) is 0.792. The molecular weight excluding hydrogens is 352 g/mol. The van der Waals surface area contributed by atoms with Crippen LogP contribution < -0.4 is 0 Å². The number of hydrogen-bond donors (Lipinski definition) is 0. The van der Waals surface area contributed by atoms with Gasteiger partial charge in [-0.3, -0.25) is 14.4 Å². The monoisotopic (exact) mass is 386 g/mol. The van der Waals surface area contributed by atoms with Crippen molar-refractivity contribution in [2.75, 3.05) is 0 Å². The van der Waals surface area contributed by atoms with Crippen molar-refractivity contribution in [1.29, 1.82) is 0 Å². The zero-order valence-corrected chi connectivity index (χ0v) is 18.0. The third kappa shape index (κ3) is 2.45. The van der Waals surface area contributed by atoms with E-state index < -0.39 is 5.60 Å². The molecule has 4 nitrogen and oxygen atoms in total. The first kappa shape index (κ1) is 19.8. The van der Waals surface area contributed by atoms with Gasteiger partial charge in [-0.15, -0.1) is 0 Å². The molecule has 4 aliphatic rings. The van der Waals surface area contributed by atoms with Gasteiger partial charge >= 0.3 is 5.97 Å². The molecule has 0 spiro atoms. The number of ketones is 2. The summed E-state index contributed by atoms with van der Waals surface area (Å²) in [5, 5.41) is 0. The molecule has 0 N–H and O–H groups in total. The van der Waals surface area contributed by atoms with Gasteiger partial charge in [0, 0.05) is 18.8 Å². The molecule has 0 amide bonds. The molecule has 0 aliphatic heterocycles. The van der Waals surface area contributed by atoms with E-state index in [2.05, 4.69) is 20.8 Å². The van der Waals surface area contributed by atoms with Gasteiger partial charge in [0.25, 0.3) is 0 Å². The van der Waals surface area contributed by atoms with E-state index in [-0.39, 0.29) is 28.4 Å². The van der Waals surface area contributed by atoms with Gasteiger partial charge in [0.2, 0.25) is 0 Å². The Morgan fingerprint density at radius 3 is 2.39 bits per heavy atom. The summed E-state index contributed by atoms with van der Waals surface area (Å²) in [6.45, 7) is 9.87. The molecule has 0 heterocycles. The quantitative estimate of drug-likeness (QED) is 0.648. The maximum atomic E-state index is 12.8. The van der Waals surface area contributed by atoms with E-state index in [0.29, 0.717) is 36.5 Å². The lowest BCUT2D eigenvalue weighted by molar-refractivity contribution is -0.187. The van der Waals surface area contributed by atoms with Gasteiger partial charge < -0.3 is 4.74 Å². The average molecular weight is 387 g/mol. The number of fused-ring (bicyclic) bond motifs is 5. The second-order valence-corrected chi connectivity index (χ2v) is 10.5. The third-order valence-electron chi connectivity index (χ3n) is 9.29. The van der Waals surface area contributed by atoms with Crippen LogP contribution in [-0.2, 0) is 19.1 Å². The summed E-state index contributed by atoms with van der Waals surface area (Å²) in [5.41, 5.74) is 0.218. The fourth-order valence-electron chi connectivity index (χ4n) is 8.05. The highest BCUT2D eigenvalue weighted by molar-refractivity contribution is 5.92. The summed E-state index contributed by atoms with van der Waals surface area (Å²) in [6.07, 6.45) is 8.19. The molecule has 4 heteroatoms. The van der Waals surface area contributed by atoms with Crippen LogP contribution in [-0.4, -0.2) is 23.1 Å². The maximum absolute atomic E-state index is 12.8. The lowest BCUT2D eigenvalue weighted by atomic mass is 9.44. The maximum Gasteiger partial charge on any atom is 0.303 e. The molecule has 3 fully saturated rings. The Morgan fingerprint density at radius 1 is 1.07 bits per heavy atom. The molecule has 4 rings (SSSR count). The first-order chi connectivity index (χ1) is 13.0. The second-order valence-electron chi connectivity index (χ2n) is 10.5. The topological polar surface area (TPSA) is 60.4 Å². The molecule has 0 aromatic rings. The van der Waals surface area contributed by atoms with Crippen molar-refractivity contribution in [2.24, 2.45) is 34.5 Å². The van der Waals surface area contributed by atoms with Crippen LogP contribution in [0.5, 0.6) is 0 Å². The zero-order valence-electron chi connectivity index (χ0n) is 18.0. The SMILES string of the molecule is CC(=O)O[C@]1(C(C)=O)CC[C@H]2[C@@H]3C[C@H](C)C4=CC(=O)CC[C@@]4(C)[C@@H]3CC[C@@]21C. The molecule has 0 radical (unpaired) electrons. The molecule has 0 saturated heterocycles. The highest BCUT2D eigenvalue weighted by atomic mass is 16.6. The van der Waals surface area contributed by atoms with E-state index in [1.54, 1.807) is 6.92 Å². The zero-order chi connectivity index (χ0) is 20.5. The van der Waals surface area contributed by atoms with Crippen LogP contribution in [0.25, 0.3) is 0 Å². The van der Waals surface area contributed by atoms with Gasteiger partial charge in [0.15, 0.2) is 17.2 Å². The lowest BCUT2D eigenvalue weighted by Gasteiger charge is -2.60. The molecule has 3 saturated carbocycles. The van der Waals surface area contributed by atoms with E-state index in [1.807, 2.05) is 6.08 Å². The summed E-state index contributed by atoms with van der Waals surface area (Å²) in [5.74, 6) is 1.82. The largest absolute Gasteiger partial charge is 0.451 e. The molecule has 0 aromatic carbocycles. The Kier molecular flexibility index (Phi) is 4.45. The number of ether oxygens (including phenoxy) is 1. The predicted molar refractivity (Wildman–Crippen MR) is 106 cm³/mol. The Balaban J connectivity index is 1.73. The van der Waals surface area contributed by atoms with Crippen molar-refractivity contribution in [3.05, 3.63) is 11.6 Å². The molecule has 28 heavy (non-hydrogen) atoms. The highest BCUT2D eigenvalue weighted by Crippen LogP contribution is 2.69. The van der Waals surface area contributed by atoms with Crippen molar-refractivity contribution in [3.63, 3.8) is 0 Å². The first-order valence-electron chi connectivity index (χ1n) is 11.0. The molecule has 154 valence electrons. The minimum absolute atomic E-state index is 0.00469. The van der Waals surface area contributed by atoms with E-state index >= 15 is 0 Å². The summed E-state index contributed by atoms with van der Waals surface area (Å²) in [4.78, 5) is 36.8. The minimum atomic E-state index is -0.961. The van der Waals surface area contributed by atoms with Crippen molar-refractivity contribution < 1.29 is 19.1 Å². The molecular formula is C24H34O4. The van der Waals surface area contributed by atoms with Crippen molar-refractivity contribution in [1.82, 2.24) is 0 Å². The Hall–Kier alpha value is -1.45. The van der Waals surface area contributed by atoms with Crippen LogP contribution in [0, 0.1) is 34.5 Å². The second kappa shape index (κ2) is 6.27. The van der Waals surface area contributed by atoms with Crippen LogP contribution in [0.3, 0.4) is 0 Å². The number of rotatable bonds is 2. The molecule has 4 aliphatic carbocycles. The minimum Gasteiger partial charge on any atom is -0.451 e. The van der Waals surface area contributed by atoms with Gasteiger partial charge in [-0.1, -0.05) is 26.3 Å². The molecule has 0 aromatic heterocycles.